The second-order valence-electron chi connectivity index (χ2n) is 4.59. The zero-order chi connectivity index (χ0) is 13.7. The van der Waals surface area contributed by atoms with Crippen molar-refractivity contribution in [2.24, 2.45) is 0 Å². The summed E-state index contributed by atoms with van der Waals surface area (Å²) >= 11 is 5.20. The van der Waals surface area contributed by atoms with E-state index < -0.39 is 5.97 Å². The van der Waals surface area contributed by atoms with Crippen LogP contribution in [0.25, 0.3) is 0 Å². The number of nitrogens with one attached hydrogen (secondary N) is 2. The third-order valence-electron chi connectivity index (χ3n) is 3.00. The van der Waals surface area contributed by atoms with Crippen molar-refractivity contribution in [1.82, 2.24) is 20.3 Å². The van der Waals surface area contributed by atoms with Crippen LogP contribution in [0.5, 0.6) is 0 Å². The zero-order valence-corrected chi connectivity index (χ0v) is 11.3. The van der Waals surface area contributed by atoms with Crippen molar-refractivity contribution in [3.05, 3.63) is 6.20 Å². The molecule has 0 unspecified atom stereocenters. The maximum absolute atomic E-state index is 10.5. The number of aliphatic carboxylic acids is 1. The van der Waals surface area contributed by atoms with Gasteiger partial charge in [0.1, 0.15) is 0 Å². The van der Waals surface area contributed by atoms with Gasteiger partial charge in [0.05, 0.1) is 6.20 Å². The fourth-order valence-electron chi connectivity index (χ4n) is 2.14. The summed E-state index contributed by atoms with van der Waals surface area (Å²) < 4.78 is 0. The molecule has 3 N–H and O–H groups in total. The molecule has 0 aromatic carbocycles. The van der Waals surface area contributed by atoms with Crippen molar-refractivity contribution in [3.8, 4) is 0 Å². The van der Waals surface area contributed by atoms with E-state index >= 15 is 0 Å². The van der Waals surface area contributed by atoms with Gasteiger partial charge in [-0.1, -0.05) is 19.3 Å². The van der Waals surface area contributed by atoms with Crippen molar-refractivity contribution in [3.63, 3.8) is 0 Å². The molecule has 1 saturated carbocycles. The minimum absolute atomic E-state index is 0.259. The van der Waals surface area contributed by atoms with E-state index in [4.69, 9.17) is 17.3 Å². The summed E-state index contributed by atoms with van der Waals surface area (Å²) in [6.07, 6.45) is 7.48. The summed E-state index contributed by atoms with van der Waals surface area (Å²) in [5.74, 6) is -0.528. The average molecular weight is 283 g/mol. The van der Waals surface area contributed by atoms with Crippen LogP contribution in [-0.2, 0) is 11.3 Å². The van der Waals surface area contributed by atoms with Crippen LogP contribution in [0.4, 0.5) is 5.82 Å². The van der Waals surface area contributed by atoms with Crippen LogP contribution in [0.15, 0.2) is 6.20 Å². The molecule has 7 nitrogen and oxygen atoms in total. The molecule has 104 valence electrons. The molecule has 8 heteroatoms. The summed E-state index contributed by atoms with van der Waals surface area (Å²) in [4.78, 5) is 11.6. The fraction of sp³-hybridized carbons (Fsp3) is 0.636. The molecule has 1 aliphatic carbocycles. The van der Waals surface area contributed by atoms with Gasteiger partial charge in [-0.05, 0) is 25.1 Å². The Morgan fingerprint density at radius 1 is 1.47 bits per heavy atom. The number of hydrogen-bond acceptors (Lipinski definition) is 4. The summed E-state index contributed by atoms with van der Waals surface area (Å²) in [5, 5.41) is 23.1. The van der Waals surface area contributed by atoms with E-state index in [0.717, 1.165) is 17.6 Å². The minimum atomic E-state index is -0.981. The highest BCUT2D eigenvalue weighted by Gasteiger charge is 2.14. The van der Waals surface area contributed by atoms with Gasteiger partial charge in [0.25, 0.3) is 0 Å². The average Bonchev–Trinajstić information content (AvgIpc) is 2.76. The lowest BCUT2D eigenvalue weighted by molar-refractivity contribution is -0.138. The molecule has 0 atom stereocenters. The second-order valence-corrected chi connectivity index (χ2v) is 5.00. The van der Waals surface area contributed by atoms with Crippen LogP contribution in [-0.4, -0.2) is 37.2 Å². The maximum atomic E-state index is 10.5. The number of rotatable bonds is 4. The molecule has 1 aliphatic rings. The molecule has 0 bridgehead atoms. The van der Waals surface area contributed by atoms with E-state index in [1.165, 1.54) is 25.5 Å². The number of hydrogen-bond donors (Lipinski definition) is 3. The number of aromatic nitrogens is 3. The zero-order valence-electron chi connectivity index (χ0n) is 10.5. The van der Waals surface area contributed by atoms with Crippen molar-refractivity contribution < 1.29 is 9.90 Å². The SMILES string of the molecule is O=C(O)Cn1ncc(NC(=S)NC2CCCCC2)n1. The second kappa shape index (κ2) is 6.46. The summed E-state index contributed by atoms with van der Waals surface area (Å²) in [6.45, 7) is -0.259. The molecule has 0 radical (unpaired) electrons. The molecule has 1 aromatic heterocycles. The third kappa shape index (κ3) is 4.47. The highest BCUT2D eigenvalue weighted by molar-refractivity contribution is 7.80. The quantitative estimate of drug-likeness (QED) is 0.709. The van der Waals surface area contributed by atoms with Gasteiger partial charge < -0.3 is 15.7 Å². The molecule has 1 aromatic rings. The predicted molar refractivity (Wildman–Crippen MR) is 73.9 cm³/mol. The Bertz CT molecular complexity index is 456. The molecule has 19 heavy (non-hydrogen) atoms. The Hall–Kier alpha value is -1.70. The van der Waals surface area contributed by atoms with E-state index in [2.05, 4.69) is 20.8 Å². The minimum Gasteiger partial charge on any atom is -0.480 e. The standard InChI is InChI=1S/C11H17N5O2S/c17-10(18)7-16-12-6-9(15-16)14-11(19)13-8-4-2-1-3-5-8/h6,8H,1-5,7H2,(H,17,18)(H2,13,14,15,19). The van der Waals surface area contributed by atoms with E-state index in [-0.39, 0.29) is 6.54 Å². The van der Waals surface area contributed by atoms with Crippen LogP contribution >= 0.6 is 12.2 Å². The van der Waals surface area contributed by atoms with Crippen LogP contribution in [0.1, 0.15) is 32.1 Å². The summed E-state index contributed by atoms with van der Waals surface area (Å²) in [6, 6.07) is 0.419. The van der Waals surface area contributed by atoms with Gasteiger partial charge in [-0.15, -0.1) is 5.10 Å². The molecule has 0 saturated heterocycles. The number of thiocarbonyl (C=S) groups is 1. The summed E-state index contributed by atoms with van der Waals surface area (Å²) in [7, 11) is 0. The van der Waals surface area contributed by atoms with E-state index in [0.29, 0.717) is 17.0 Å². The van der Waals surface area contributed by atoms with E-state index in [9.17, 15) is 4.79 Å². The van der Waals surface area contributed by atoms with E-state index in [1.54, 1.807) is 0 Å². The molecule has 1 fully saturated rings. The number of nitrogens with zero attached hydrogens (tertiary/aromatic N) is 3. The van der Waals surface area contributed by atoms with Gasteiger partial charge in [0, 0.05) is 6.04 Å². The molecular weight excluding hydrogens is 266 g/mol. The molecule has 0 aliphatic heterocycles. The number of carbonyl (C=O) groups is 1. The van der Waals surface area contributed by atoms with Crippen molar-refractivity contribution in [2.75, 3.05) is 5.32 Å². The monoisotopic (exact) mass is 283 g/mol. The van der Waals surface area contributed by atoms with Gasteiger partial charge >= 0.3 is 5.97 Å². The van der Waals surface area contributed by atoms with Gasteiger partial charge in [-0.25, -0.2) is 0 Å². The molecular formula is C11H17N5O2S. The lowest BCUT2D eigenvalue weighted by Crippen LogP contribution is -2.38. The van der Waals surface area contributed by atoms with Gasteiger partial charge in [-0.3, -0.25) is 4.79 Å². The fourth-order valence-corrected chi connectivity index (χ4v) is 2.41. The first-order valence-corrected chi connectivity index (χ1v) is 6.74. The predicted octanol–water partition coefficient (Wildman–Crippen LogP) is 0.982. The Balaban J connectivity index is 1.81. The van der Waals surface area contributed by atoms with Crippen molar-refractivity contribution >= 4 is 29.1 Å². The van der Waals surface area contributed by atoms with Crippen molar-refractivity contribution in [2.45, 2.75) is 44.7 Å². The number of anilines is 1. The largest absolute Gasteiger partial charge is 0.480 e. The van der Waals surface area contributed by atoms with Gasteiger partial charge in [0.15, 0.2) is 17.5 Å². The van der Waals surface area contributed by atoms with Crippen LogP contribution in [0.2, 0.25) is 0 Å². The maximum Gasteiger partial charge on any atom is 0.327 e. The van der Waals surface area contributed by atoms with Crippen molar-refractivity contribution in [1.29, 1.82) is 0 Å². The number of carboxylic acid groups (broad SMARTS) is 1. The lowest BCUT2D eigenvalue weighted by atomic mass is 9.96. The Morgan fingerprint density at radius 2 is 2.21 bits per heavy atom. The lowest BCUT2D eigenvalue weighted by Gasteiger charge is -2.23. The topological polar surface area (TPSA) is 92.1 Å². The highest BCUT2D eigenvalue weighted by atomic mass is 32.1. The molecule has 1 heterocycles. The molecule has 0 amide bonds. The Kier molecular flexibility index (Phi) is 4.67. The number of carboxylic acids is 1. The van der Waals surface area contributed by atoms with Crippen LogP contribution in [0.3, 0.4) is 0 Å². The van der Waals surface area contributed by atoms with Gasteiger partial charge in [0.2, 0.25) is 0 Å². The highest BCUT2D eigenvalue weighted by Crippen LogP contribution is 2.17. The molecule has 2 rings (SSSR count). The Labute approximate surface area is 116 Å². The van der Waals surface area contributed by atoms with Crippen LogP contribution in [0, 0.1) is 0 Å². The summed E-state index contributed by atoms with van der Waals surface area (Å²) in [5.41, 5.74) is 0. The Morgan fingerprint density at radius 3 is 2.89 bits per heavy atom. The first-order valence-electron chi connectivity index (χ1n) is 6.33. The van der Waals surface area contributed by atoms with Gasteiger partial charge in [-0.2, -0.15) is 9.90 Å². The normalized spacial score (nSPS) is 16.0. The molecule has 0 spiro atoms. The third-order valence-corrected chi connectivity index (χ3v) is 3.22. The first-order chi connectivity index (χ1) is 9.13. The van der Waals surface area contributed by atoms with E-state index in [1.807, 2.05) is 0 Å². The first kappa shape index (κ1) is 13.7. The van der Waals surface area contributed by atoms with Crippen LogP contribution < -0.4 is 10.6 Å². The smallest absolute Gasteiger partial charge is 0.327 e.